The summed E-state index contributed by atoms with van der Waals surface area (Å²) in [5, 5.41) is 14.1. The van der Waals surface area contributed by atoms with E-state index >= 15 is 0 Å². The topological polar surface area (TPSA) is 153 Å². The molecule has 2 aliphatic heterocycles. The fourth-order valence-corrected chi connectivity index (χ4v) is 2.73. The van der Waals surface area contributed by atoms with Crippen molar-refractivity contribution in [3.63, 3.8) is 0 Å². The van der Waals surface area contributed by atoms with E-state index in [0.29, 0.717) is 12.7 Å². The van der Waals surface area contributed by atoms with Gasteiger partial charge in [-0.05, 0) is 12.8 Å². The number of nitrogens with one attached hydrogen (secondary N) is 1. The molecule has 2 atom stereocenters. The minimum absolute atomic E-state index is 0.0367. The molecule has 11 heteroatoms. The van der Waals surface area contributed by atoms with Crippen LogP contribution >= 0.6 is 0 Å². The van der Waals surface area contributed by atoms with Crippen LogP contribution < -0.4 is 11.2 Å². The molecular weight excluding hydrogens is 322 g/mol. The van der Waals surface area contributed by atoms with Gasteiger partial charge in [-0.3, -0.25) is 19.4 Å². The molecule has 11 nitrogen and oxygen atoms in total. The molecule has 0 radical (unpaired) electrons. The first-order valence-corrected chi connectivity index (χ1v) is 7.48. The average molecular weight is 341 g/mol. The smallest absolute Gasteiger partial charge is 0.353 e. The van der Waals surface area contributed by atoms with Gasteiger partial charge in [-0.25, -0.2) is 20.7 Å². The summed E-state index contributed by atoms with van der Waals surface area (Å²) in [5.74, 6) is 3.33. The number of aldehydes is 1. The van der Waals surface area contributed by atoms with Crippen molar-refractivity contribution in [2.24, 2.45) is 5.84 Å². The number of urea groups is 1. The van der Waals surface area contributed by atoms with E-state index in [0.717, 1.165) is 10.0 Å². The second-order valence-electron chi connectivity index (χ2n) is 5.59. The maximum absolute atomic E-state index is 12.4. The van der Waals surface area contributed by atoms with Crippen LogP contribution in [0.5, 0.6) is 0 Å². The molecule has 4 N–H and O–H groups in total. The lowest BCUT2D eigenvalue weighted by Gasteiger charge is -2.42. The zero-order valence-corrected chi connectivity index (χ0v) is 12.9. The van der Waals surface area contributed by atoms with Crippen LogP contribution in [-0.2, 0) is 19.2 Å². The Morgan fingerprint density at radius 1 is 1.38 bits per heavy atom. The van der Waals surface area contributed by atoms with Crippen molar-refractivity contribution in [1.29, 1.82) is 0 Å². The number of carbonyl (C=O) groups excluding carboxylic acids is 4. The quantitative estimate of drug-likeness (QED) is 0.298. The average Bonchev–Trinajstić information content (AvgIpc) is 2.66. The Bertz CT molecular complexity index is 567. The highest BCUT2D eigenvalue weighted by molar-refractivity contribution is 5.92. The van der Waals surface area contributed by atoms with Crippen LogP contribution in [0.15, 0.2) is 0 Å². The van der Waals surface area contributed by atoms with Crippen molar-refractivity contribution in [3.05, 3.63) is 0 Å². The highest BCUT2D eigenvalue weighted by Crippen LogP contribution is 2.23. The summed E-state index contributed by atoms with van der Waals surface area (Å²) in [6.07, 6.45) is 0.554. The summed E-state index contributed by atoms with van der Waals surface area (Å²) in [5.41, 5.74) is 0. The van der Waals surface area contributed by atoms with Crippen LogP contribution in [0.1, 0.15) is 25.7 Å². The Morgan fingerprint density at radius 2 is 2.08 bits per heavy atom. The predicted octanol–water partition coefficient (Wildman–Crippen LogP) is -1.95. The number of aliphatic carboxylic acids is 1. The Hall–Kier alpha value is -2.69. The van der Waals surface area contributed by atoms with Gasteiger partial charge in [0.15, 0.2) is 0 Å². The first-order valence-electron chi connectivity index (χ1n) is 7.48. The number of carbonyl (C=O) groups is 5. The van der Waals surface area contributed by atoms with Crippen molar-refractivity contribution in [3.8, 4) is 0 Å². The molecule has 2 unspecified atom stereocenters. The number of hydrogen-bond donors (Lipinski definition) is 3. The van der Waals surface area contributed by atoms with E-state index in [4.69, 9.17) is 10.9 Å². The van der Waals surface area contributed by atoms with Crippen LogP contribution in [-0.4, -0.2) is 75.4 Å². The third kappa shape index (κ3) is 3.62. The van der Waals surface area contributed by atoms with Gasteiger partial charge in [0.25, 0.3) is 0 Å². The third-order valence-corrected chi connectivity index (χ3v) is 3.89. The summed E-state index contributed by atoms with van der Waals surface area (Å²) in [6.45, 7) is 0.323. The minimum atomic E-state index is -1.24. The van der Waals surface area contributed by atoms with Gasteiger partial charge in [-0.1, -0.05) is 0 Å². The lowest BCUT2D eigenvalue weighted by atomic mass is 10.1. The molecule has 2 rings (SSSR count). The van der Waals surface area contributed by atoms with E-state index < -0.39 is 36.4 Å². The maximum atomic E-state index is 12.4. The maximum Gasteiger partial charge on any atom is 0.353 e. The molecule has 0 spiro atoms. The summed E-state index contributed by atoms with van der Waals surface area (Å²) in [6, 6.07) is -2.94. The Morgan fingerprint density at radius 3 is 2.71 bits per heavy atom. The minimum Gasteiger partial charge on any atom is -0.481 e. The van der Waals surface area contributed by atoms with Gasteiger partial charge >= 0.3 is 12.0 Å². The van der Waals surface area contributed by atoms with E-state index in [1.54, 1.807) is 0 Å². The first kappa shape index (κ1) is 17.7. The molecule has 2 aliphatic rings. The van der Waals surface area contributed by atoms with Crippen molar-refractivity contribution in [2.75, 3.05) is 13.1 Å². The normalized spacial score (nSPS) is 22.5. The van der Waals surface area contributed by atoms with Crippen LogP contribution in [0.25, 0.3) is 0 Å². The largest absolute Gasteiger partial charge is 0.481 e. The first-order chi connectivity index (χ1) is 11.3. The van der Waals surface area contributed by atoms with E-state index in [1.807, 2.05) is 0 Å². The number of hydrogen-bond acceptors (Lipinski definition) is 6. The third-order valence-electron chi connectivity index (χ3n) is 3.89. The number of nitrogens with zero attached hydrogens (tertiary/aromatic N) is 3. The monoisotopic (exact) mass is 341 g/mol. The van der Waals surface area contributed by atoms with Gasteiger partial charge < -0.3 is 15.2 Å². The van der Waals surface area contributed by atoms with Crippen molar-refractivity contribution >= 4 is 30.1 Å². The molecule has 0 aromatic rings. The predicted molar refractivity (Wildman–Crippen MR) is 77.7 cm³/mol. The Labute approximate surface area is 137 Å². The fraction of sp³-hybridized carbons (Fsp3) is 0.615. The summed E-state index contributed by atoms with van der Waals surface area (Å²) < 4.78 is 0. The van der Waals surface area contributed by atoms with E-state index in [9.17, 15) is 24.0 Å². The number of rotatable bonds is 5. The highest BCUT2D eigenvalue weighted by Gasteiger charge is 2.43. The second kappa shape index (κ2) is 7.25. The van der Waals surface area contributed by atoms with Gasteiger partial charge in [0.1, 0.15) is 12.3 Å². The number of carboxylic acid groups (broad SMARTS) is 1. The molecule has 0 aromatic heterocycles. The molecule has 2 saturated heterocycles. The number of amides is 4. The zero-order valence-electron chi connectivity index (χ0n) is 12.9. The Balaban J connectivity index is 2.19. The van der Waals surface area contributed by atoms with Crippen LogP contribution in [0.2, 0.25) is 0 Å². The van der Waals surface area contributed by atoms with Crippen molar-refractivity contribution in [1.82, 2.24) is 20.3 Å². The van der Waals surface area contributed by atoms with Gasteiger partial charge in [-0.2, -0.15) is 0 Å². The standard InChI is InChI=1S/C13H19N5O6/c14-16-5-3-10(20)17-4-1-2-9(18(17)13(16)24)12(23)15-8(7-19)6-11(21)22/h7-9H,1-6,14H2,(H,15,23)(H,21,22). The molecule has 132 valence electrons. The van der Waals surface area contributed by atoms with Crippen LogP contribution in [0, 0.1) is 0 Å². The fourth-order valence-electron chi connectivity index (χ4n) is 2.73. The number of carboxylic acids is 1. The molecule has 0 bridgehead atoms. The lowest BCUT2D eigenvalue weighted by molar-refractivity contribution is -0.155. The van der Waals surface area contributed by atoms with Crippen LogP contribution in [0.3, 0.4) is 0 Å². The van der Waals surface area contributed by atoms with Gasteiger partial charge in [0.2, 0.25) is 11.8 Å². The lowest BCUT2D eigenvalue weighted by Crippen LogP contribution is -2.64. The second-order valence-corrected chi connectivity index (χ2v) is 5.59. The highest BCUT2D eigenvalue weighted by atomic mass is 16.4. The van der Waals surface area contributed by atoms with E-state index in [-0.39, 0.29) is 31.8 Å². The summed E-state index contributed by atoms with van der Waals surface area (Å²) >= 11 is 0. The summed E-state index contributed by atoms with van der Waals surface area (Å²) in [7, 11) is 0. The molecule has 0 aromatic carbocycles. The van der Waals surface area contributed by atoms with Gasteiger partial charge in [-0.15, -0.1) is 0 Å². The van der Waals surface area contributed by atoms with Gasteiger partial charge in [0, 0.05) is 19.5 Å². The molecule has 24 heavy (non-hydrogen) atoms. The molecule has 2 heterocycles. The van der Waals surface area contributed by atoms with E-state index in [1.165, 1.54) is 5.01 Å². The Kier molecular flexibility index (Phi) is 5.34. The SMILES string of the molecule is NN1CCC(=O)N2CCCC(C(=O)NC(C=O)CC(=O)O)N2C1=O. The van der Waals surface area contributed by atoms with Crippen molar-refractivity contribution < 1.29 is 29.1 Å². The number of fused-ring (bicyclic) bond motifs is 1. The molecular formula is C13H19N5O6. The summed E-state index contributed by atoms with van der Waals surface area (Å²) in [4.78, 5) is 58.5. The van der Waals surface area contributed by atoms with Crippen molar-refractivity contribution in [2.45, 2.75) is 37.8 Å². The van der Waals surface area contributed by atoms with Gasteiger partial charge in [0.05, 0.1) is 12.5 Å². The molecule has 2 fully saturated rings. The molecule has 4 amide bonds. The molecule has 0 saturated carbocycles. The van der Waals surface area contributed by atoms with E-state index in [2.05, 4.69) is 5.32 Å². The number of nitrogens with two attached hydrogens (primary N) is 1. The van der Waals surface area contributed by atoms with Crippen LogP contribution in [0.4, 0.5) is 4.79 Å². The zero-order chi connectivity index (χ0) is 17.9. The molecule has 0 aliphatic carbocycles. The number of hydrazine groups is 2.